The Balaban J connectivity index is 1.57. The quantitative estimate of drug-likeness (QED) is 0.938. The lowest BCUT2D eigenvalue weighted by Crippen LogP contribution is -2.25. The van der Waals surface area contributed by atoms with Gasteiger partial charge in [0.25, 0.3) is 5.91 Å². The molecule has 1 aliphatic rings. The minimum atomic E-state index is -0.0963. The smallest absolute Gasteiger partial charge is 0.251 e. The van der Waals surface area contributed by atoms with E-state index in [0.29, 0.717) is 23.6 Å². The van der Waals surface area contributed by atoms with Gasteiger partial charge in [-0.1, -0.05) is 29.8 Å². The van der Waals surface area contributed by atoms with Crippen molar-refractivity contribution in [1.82, 2.24) is 5.32 Å². The molecule has 2 aromatic carbocycles. The minimum Gasteiger partial charge on any atom is -0.454 e. The summed E-state index contributed by atoms with van der Waals surface area (Å²) in [7, 11) is 0. The second kappa shape index (κ2) is 5.87. The summed E-state index contributed by atoms with van der Waals surface area (Å²) in [6.07, 6.45) is 0.817. The Labute approximate surface area is 123 Å². The summed E-state index contributed by atoms with van der Waals surface area (Å²) in [4.78, 5) is 12.1. The van der Waals surface area contributed by atoms with Crippen molar-refractivity contribution >= 4 is 5.91 Å². The number of benzene rings is 2. The van der Waals surface area contributed by atoms with Crippen molar-refractivity contribution in [3.63, 3.8) is 0 Å². The zero-order chi connectivity index (χ0) is 14.7. The van der Waals surface area contributed by atoms with Gasteiger partial charge >= 0.3 is 0 Å². The Morgan fingerprint density at radius 1 is 1.14 bits per heavy atom. The number of carbonyl (C=O) groups excluding carboxylic acids is 1. The van der Waals surface area contributed by atoms with Gasteiger partial charge in [0, 0.05) is 12.1 Å². The fourth-order valence-electron chi connectivity index (χ4n) is 2.33. The second-order valence-corrected chi connectivity index (χ2v) is 5.06. The van der Waals surface area contributed by atoms with E-state index in [1.807, 2.05) is 6.07 Å². The molecule has 3 rings (SSSR count). The summed E-state index contributed by atoms with van der Waals surface area (Å²) >= 11 is 0. The van der Waals surface area contributed by atoms with Crippen LogP contribution in [0.15, 0.2) is 42.5 Å². The van der Waals surface area contributed by atoms with Crippen LogP contribution < -0.4 is 14.8 Å². The lowest BCUT2D eigenvalue weighted by Gasteiger charge is -2.06. The molecule has 0 bridgehead atoms. The van der Waals surface area contributed by atoms with Crippen molar-refractivity contribution in [1.29, 1.82) is 0 Å². The van der Waals surface area contributed by atoms with E-state index in [1.54, 1.807) is 18.2 Å². The predicted octanol–water partition coefficient (Wildman–Crippen LogP) is 2.70. The van der Waals surface area contributed by atoms with E-state index in [1.165, 1.54) is 11.1 Å². The van der Waals surface area contributed by atoms with Gasteiger partial charge < -0.3 is 14.8 Å². The standard InChI is InChI=1S/C17H17NO3/c1-12-3-2-4-13(9-12)7-8-18-17(19)14-5-6-15-16(10-14)21-11-20-15/h2-6,9-10H,7-8,11H2,1H3,(H,18,19). The average Bonchev–Trinajstić information content (AvgIpc) is 2.94. The molecule has 4 nitrogen and oxygen atoms in total. The summed E-state index contributed by atoms with van der Waals surface area (Å²) in [5.74, 6) is 1.22. The highest BCUT2D eigenvalue weighted by Gasteiger charge is 2.15. The zero-order valence-electron chi connectivity index (χ0n) is 11.9. The van der Waals surface area contributed by atoms with Crippen LogP contribution in [-0.2, 0) is 6.42 Å². The molecule has 1 amide bonds. The molecular formula is C17H17NO3. The number of rotatable bonds is 4. The van der Waals surface area contributed by atoms with Crippen molar-refractivity contribution < 1.29 is 14.3 Å². The van der Waals surface area contributed by atoms with E-state index < -0.39 is 0 Å². The van der Waals surface area contributed by atoms with Crippen molar-refractivity contribution in [2.45, 2.75) is 13.3 Å². The van der Waals surface area contributed by atoms with Crippen LogP contribution in [0.2, 0.25) is 0 Å². The molecular weight excluding hydrogens is 266 g/mol. The maximum absolute atomic E-state index is 12.1. The first-order valence-corrected chi connectivity index (χ1v) is 6.96. The fourth-order valence-corrected chi connectivity index (χ4v) is 2.33. The Morgan fingerprint density at radius 2 is 2.00 bits per heavy atom. The molecule has 0 atom stereocenters. The van der Waals surface area contributed by atoms with Gasteiger partial charge in [-0.3, -0.25) is 4.79 Å². The highest BCUT2D eigenvalue weighted by atomic mass is 16.7. The van der Waals surface area contributed by atoms with E-state index in [-0.39, 0.29) is 12.7 Å². The van der Waals surface area contributed by atoms with Crippen LogP contribution in [-0.4, -0.2) is 19.2 Å². The Morgan fingerprint density at radius 3 is 2.86 bits per heavy atom. The van der Waals surface area contributed by atoms with Gasteiger partial charge in [0.05, 0.1) is 0 Å². The second-order valence-electron chi connectivity index (χ2n) is 5.06. The van der Waals surface area contributed by atoms with Gasteiger partial charge in [-0.15, -0.1) is 0 Å². The van der Waals surface area contributed by atoms with E-state index in [9.17, 15) is 4.79 Å². The van der Waals surface area contributed by atoms with Crippen molar-refractivity contribution in [3.05, 3.63) is 59.2 Å². The molecule has 108 valence electrons. The number of carbonyl (C=O) groups is 1. The van der Waals surface area contributed by atoms with Gasteiger partial charge in [-0.2, -0.15) is 0 Å². The number of fused-ring (bicyclic) bond motifs is 1. The van der Waals surface area contributed by atoms with Gasteiger partial charge in [0.15, 0.2) is 11.5 Å². The summed E-state index contributed by atoms with van der Waals surface area (Å²) in [5, 5.41) is 2.92. The molecule has 0 saturated carbocycles. The molecule has 1 N–H and O–H groups in total. The highest BCUT2D eigenvalue weighted by Crippen LogP contribution is 2.32. The third-order valence-corrected chi connectivity index (χ3v) is 3.42. The Hall–Kier alpha value is -2.49. The molecule has 0 unspecified atom stereocenters. The first-order valence-electron chi connectivity index (χ1n) is 6.96. The van der Waals surface area contributed by atoms with Crippen molar-refractivity contribution in [3.8, 4) is 11.5 Å². The normalized spacial score (nSPS) is 12.2. The van der Waals surface area contributed by atoms with E-state index in [4.69, 9.17) is 9.47 Å². The molecule has 1 aliphatic heterocycles. The van der Waals surface area contributed by atoms with Crippen LogP contribution in [0.1, 0.15) is 21.5 Å². The molecule has 1 heterocycles. The van der Waals surface area contributed by atoms with Crippen LogP contribution >= 0.6 is 0 Å². The zero-order valence-corrected chi connectivity index (χ0v) is 11.9. The number of ether oxygens (including phenoxy) is 2. The molecule has 4 heteroatoms. The molecule has 0 aliphatic carbocycles. The molecule has 0 radical (unpaired) electrons. The van der Waals surface area contributed by atoms with Crippen LogP contribution in [0.3, 0.4) is 0 Å². The summed E-state index contributed by atoms with van der Waals surface area (Å²) in [6, 6.07) is 13.5. The van der Waals surface area contributed by atoms with Crippen molar-refractivity contribution in [2.75, 3.05) is 13.3 Å². The SMILES string of the molecule is Cc1cccc(CCNC(=O)c2ccc3c(c2)OCO3)c1. The molecule has 0 spiro atoms. The van der Waals surface area contributed by atoms with Crippen LogP contribution in [0.5, 0.6) is 11.5 Å². The molecule has 21 heavy (non-hydrogen) atoms. The predicted molar refractivity (Wildman–Crippen MR) is 79.8 cm³/mol. The number of amides is 1. The first-order chi connectivity index (χ1) is 10.2. The lowest BCUT2D eigenvalue weighted by molar-refractivity contribution is 0.0953. The maximum Gasteiger partial charge on any atom is 0.251 e. The third kappa shape index (κ3) is 3.16. The fraction of sp³-hybridized carbons (Fsp3) is 0.235. The van der Waals surface area contributed by atoms with Gasteiger partial charge in [0.2, 0.25) is 6.79 Å². The van der Waals surface area contributed by atoms with Crippen LogP contribution in [0.25, 0.3) is 0 Å². The highest BCUT2D eigenvalue weighted by molar-refractivity contribution is 5.94. The minimum absolute atomic E-state index is 0.0963. The van der Waals surface area contributed by atoms with Crippen molar-refractivity contribution in [2.24, 2.45) is 0 Å². The topological polar surface area (TPSA) is 47.6 Å². The third-order valence-electron chi connectivity index (χ3n) is 3.42. The van der Waals surface area contributed by atoms with E-state index >= 15 is 0 Å². The summed E-state index contributed by atoms with van der Waals surface area (Å²) in [5.41, 5.74) is 3.04. The average molecular weight is 283 g/mol. The largest absolute Gasteiger partial charge is 0.454 e. The number of hydrogen-bond acceptors (Lipinski definition) is 3. The van der Waals surface area contributed by atoms with E-state index in [2.05, 4.69) is 30.4 Å². The number of hydrogen-bond donors (Lipinski definition) is 1. The van der Waals surface area contributed by atoms with E-state index in [0.717, 1.165) is 6.42 Å². The molecule has 2 aromatic rings. The van der Waals surface area contributed by atoms with Gasteiger partial charge in [-0.25, -0.2) is 0 Å². The molecule has 0 fully saturated rings. The maximum atomic E-state index is 12.1. The summed E-state index contributed by atoms with van der Waals surface area (Å²) in [6.45, 7) is 2.89. The van der Waals surface area contributed by atoms with Gasteiger partial charge in [0.1, 0.15) is 0 Å². The first kappa shape index (κ1) is 13.5. The van der Waals surface area contributed by atoms with Gasteiger partial charge in [-0.05, 0) is 37.1 Å². The molecule has 0 saturated heterocycles. The van der Waals surface area contributed by atoms with Crippen LogP contribution in [0.4, 0.5) is 0 Å². The number of nitrogens with one attached hydrogen (secondary N) is 1. The molecule has 0 aromatic heterocycles. The summed E-state index contributed by atoms with van der Waals surface area (Å²) < 4.78 is 10.5. The van der Waals surface area contributed by atoms with Crippen LogP contribution in [0, 0.1) is 6.92 Å². The Bertz CT molecular complexity index is 667. The monoisotopic (exact) mass is 283 g/mol. The Kier molecular flexibility index (Phi) is 3.77. The lowest BCUT2D eigenvalue weighted by atomic mass is 10.1. The number of aryl methyl sites for hydroxylation is 1.